The van der Waals surface area contributed by atoms with Gasteiger partial charge < -0.3 is 10.2 Å². The minimum absolute atomic E-state index is 0.0511. The van der Waals surface area contributed by atoms with Crippen molar-refractivity contribution in [2.45, 2.75) is 32.4 Å². The second-order valence-corrected chi connectivity index (χ2v) is 9.38. The van der Waals surface area contributed by atoms with Gasteiger partial charge in [0, 0.05) is 29.6 Å². The monoisotopic (exact) mass is 536 g/mol. The number of hydrogen-bond acceptors (Lipinski definition) is 2. The zero-order valence-corrected chi connectivity index (χ0v) is 21.6. The molecule has 3 rings (SSSR count). The first kappa shape index (κ1) is 26.4. The fourth-order valence-electron chi connectivity index (χ4n) is 3.63. The van der Waals surface area contributed by atoms with Crippen molar-refractivity contribution in [3.05, 3.63) is 104 Å². The topological polar surface area (TPSA) is 49.4 Å². The number of nitrogens with one attached hydrogen (secondary N) is 1. The van der Waals surface area contributed by atoms with Crippen LogP contribution < -0.4 is 5.32 Å². The van der Waals surface area contributed by atoms with E-state index in [9.17, 15) is 9.59 Å². The lowest BCUT2D eigenvalue weighted by atomic mass is 10.0. The van der Waals surface area contributed by atoms with Crippen molar-refractivity contribution in [1.82, 2.24) is 10.2 Å². The average molecular weight is 538 g/mol. The number of benzene rings is 3. The lowest BCUT2D eigenvalue weighted by Gasteiger charge is -2.32. The fourth-order valence-corrected chi connectivity index (χ4v) is 4.49. The molecule has 1 N–H and O–H groups in total. The third-order valence-electron chi connectivity index (χ3n) is 5.35. The van der Waals surface area contributed by atoms with E-state index < -0.39 is 6.04 Å². The molecular weight excluding hydrogens is 514 g/mol. The van der Waals surface area contributed by atoms with E-state index in [2.05, 4.69) is 5.32 Å². The first-order valence-electron chi connectivity index (χ1n) is 10.8. The Labute approximate surface area is 219 Å². The number of carbonyl (C=O) groups excluding carboxylic acids is 2. The molecule has 1 atom stereocenters. The maximum atomic E-state index is 13.7. The number of likely N-dealkylation sites (N-methyl/N-ethyl adjacent to an activating group) is 1. The summed E-state index contributed by atoms with van der Waals surface area (Å²) >= 11 is 25.0. The van der Waals surface area contributed by atoms with Crippen molar-refractivity contribution in [2.24, 2.45) is 0 Å². The average Bonchev–Trinajstić information content (AvgIpc) is 2.81. The molecule has 0 aliphatic rings. The molecule has 0 saturated heterocycles. The smallest absolute Gasteiger partial charge is 0.243 e. The number of nitrogens with zero attached hydrogens (tertiary/aromatic N) is 1. The number of hydrogen-bond donors (Lipinski definition) is 1. The molecule has 178 valence electrons. The van der Waals surface area contributed by atoms with Crippen molar-refractivity contribution in [3.8, 4) is 0 Å². The zero-order valence-electron chi connectivity index (χ0n) is 18.5. The SMILES string of the molecule is CCNC(=O)[C@H](Cc1ccccc1)N(Cc1ccc(Cl)c(Cl)c1)C(=O)Cc1c(Cl)cccc1Cl. The largest absolute Gasteiger partial charge is 0.355 e. The lowest BCUT2D eigenvalue weighted by Crippen LogP contribution is -2.51. The third kappa shape index (κ3) is 6.89. The lowest BCUT2D eigenvalue weighted by molar-refractivity contribution is -0.140. The van der Waals surface area contributed by atoms with Crippen molar-refractivity contribution >= 4 is 58.2 Å². The number of rotatable bonds is 9. The van der Waals surface area contributed by atoms with Crippen LogP contribution in [0.1, 0.15) is 23.6 Å². The highest BCUT2D eigenvalue weighted by atomic mass is 35.5. The number of carbonyl (C=O) groups is 2. The van der Waals surface area contributed by atoms with Gasteiger partial charge in [-0.15, -0.1) is 0 Å². The molecule has 0 aliphatic carbocycles. The quantitative estimate of drug-likeness (QED) is 0.333. The van der Waals surface area contributed by atoms with Gasteiger partial charge in [0.05, 0.1) is 16.5 Å². The summed E-state index contributed by atoms with van der Waals surface area (Å²) in [4.78, 5) is 28.4. The van der Waals surface area contributed by atoms with Crippen LogP contribution in [0.2, 0.25) is 20.1 Å². The Kier molecular flexibility index (Phi) is 9.66. The highest BCUT2D eigenvalue weighted by Crippen LogP contribution is 2.27. The third-order valence-corrected chi connectivity index (χ3v) is 6.80. The van der Waals surface area contributed by atoms with Gasteiger partial charge in [0.1, 0.15) is 6.04 Å². The van der Waals surface area contributed by atoms with Gasteiger partial charge in [-0.3, -0.25) is 9.59 Å². The van der Waals surface area contributed by atoms with Gasteiger partial charge in [0.25, 0.3) is 0 Å². The molecule has 0 saturated carbocycles. The van der Waals surface area contributed by atoms with Crippen LogP contribution in [0.25, 0.3) is 0 Å². The summed E-state index contributed by atoms with van der Waals surface area (Å²) in [5, 5.41) is 4.44. The van der Waals surface area contributed by atoms with Gasteiger partial charge in [-0.2, -0.15) is 0 Å². The van der Waals surface area contributed by atoms with Crippen LogP contribution in [0.3, 0.4) is 0 Å². The number of amides is 2. The van der Waals surface area contributed by atoms with Gasteiger partial charge in [0.15, 0.2) is 0 Å². The van der Waals surface area contributed by atoms with Gasteiger partial charge in [-0.1, -0.05) is 88.9 Å². The van der Waals surface area contributed by atoms with Crippen molar-refractivity contribution in [1.29, 1.82) is 0 Å². The van der Waals surface area contributed by atoms with Crippen LogP contribution in [0.4, 0.5) is 0 Å². The summed E-state index contributed by atoms with van der Waals surface area (Å²) in [6.45, 7) is 2.44. The van der Waals surface area contributed by atoms with Crippen LogP contribution in [0.15, 0.2) is 66.7 Å². The molecule has 34 heavy (non-hydrogen) atoms. The molecule has 4 nitrogen and oxygen atoms in total. The summed E-state index contributed by atoms with van der Waals surface area (Å²) in [5.41, 5.74) is 2.20. The van der Waals surface area contributed by atoms with E-state index in [0.29, 0.717) is 38.6 Å². The molecule has 3 aromatic rings. The van der Waals surface area contributed by atoms with Crippen LogP contribution in [-0.4, -0.2) is 29.3 Å². The van der Waals surface area contributed by atoms with Gasteiger partial charge in [0.2, 0.25) is 11.8 Å². The normalized spacial score (nSPS) is 11.7. The fraction of sp³-hybridized carbons (Fsp3) is 0.231. The van der Waals surface area contributed by atoms with E-state index in [1.165, 1.54) is 0 Å². The molecular formula is C26H24Cl4N2O2. The summed E-state index contributed by atoms with van der Waals surface area (Å²) in [7, 11) is 0. The molecule has 0 bridgehead atoms. The van der Waals surface area contributed by atoms with E-state index in [1.54, 1.807) is 41.3 Å². The van der Waals surface area contributed by atoms with Gasteiger partial charge >= 0.3 is 0 Å². The predicted molar refractivity (Wildman–Crippen MR) is 140 cm³/mol. The molecule has 2 amide bonds. The van der Waals surface area contributed by atoms with E-state index in [-0.39, 0.29) is 24.8 Å². The maximum absolute atomic E-state index is 13.7. The van der Waals surface area contributed by atoms with Crippen LogP contribution in [0.5, 0.6) is 0 Å². The Hall–Kier alpha value is -2.24. The summed E-state index contributed by atoms with van der Waals surface area (Å²) in [6, 6.07) is 19.1. The first-order valence-corrected chi connectivity index (χ1v) is 12.3. The molecule has 3 aromatic carbocycles. The standard InChI is InChI=1S/C26H24Cl4N2O2/c1-2-31-26(34)24(14-17-7-4-3-5-8-17)32(16-18-11-12-22(29)23(30)13-18)25(33)15-19-20(27)9-6-10-21(19)28/h3-13,24H,2,14-16H2,1H3,(H,31,34)/t24-/m0/s1. The first-order chi connectivity index (χ1) is 16.3. The summed E-state index contributed by atoms with van der Waals surface area (Å²) in [6.07, 6.45) is 0.292. The summed E-state index contributed by atoms with van der Waals surface area (Å²) < 4.78 is 0. The Morgan fingerprint density at radius 3 is 2.12 bits per heavy atom. The Bertz CT molecular complexity index is 1130. The molecule has 0 aliphatic heterocycles. The van der Waals surface area contributed by atoms with E-state index in [0.717, 1.165) is 11.1 Å². The highest BCUT2D eigenvalue weighted by Gasteiger charge is 2.31. The molecule has 0 heterocycles. The molecule has 0 aromatic heterocycles. The van der Waals surface area contributed by atoms with E-state index in [4.69, 9.17) is 46.4 Å². The highest BCUT2D eigenvalue weighted by molar-refractivity contribution is 6.42. The Morgan fingerprint density at radius 2 is 1.50 bits per heavy atom. The number of halogens is 4. The van der Waals surface area contributed by atoms with Gasteiger partial charge in [-0.05, 0) is 47.9 Å². The second kappa shape index (κ2) is 12.5. The van der Waals surface area contributed by atoms with Crippen molar-refractivity contribution < 1.29 is 9.59 Å². The minimum Gasteiger partial charge on any atom is -0.355 e. The van der Waals surface area contributed by atoms with Crippen LogP contribution in [0, 0.1) is 0 Å². The van der Waals surface area contributed by atoms with Crippen LogP contribution >= 0.6 is 46.4 Å². The van der Waals surface area contributed by atoms with Gasteiger partial charge in [-0.25, -0.2) is 0 Å². The second-order valence-electron chi connectivity index (χ2n) is 7.75. The maximum Gasteiger partial charge on any atom is 0.243 e. The Balaban J connectivity index is 2.01. The molecule has 8 heteroatoms. The Morgan fingerprint density at radius 1 is 0.824 bits per heavy atom. The van der Waals surface area contributed by atoms with Crippen molar-refractivity contribution in [3.63, 3.8) is 0 Å². The summed E-state index contributed by atoms with van der Waals surface area (Å²) in [5.74, 6) is -0.529. The molecule has 0 fully saturated rings. The van der Waals surface area contributed by atoms with E-state index in [1.807, 2.05) is 37.3 Å². The molecule has 0 spiro atoms. The zero-order chi connectivity index (χ0) is 24.7. The molecule has 0 unspecified atom stereocenters. The van der Waals surface area contributed by atoms with E-state index >= 15 is 0 Å². The minimum atomic E-state index is -0.759. The predicted octanol–water partition coefficient (Wildman–Crippen LogP) is 6.62. The van der Waals surface area contributed by atoms with Crippen molar-refractivity contribution in [2.75, 3.05) is 6.54 Å². The van der Waals surface area contributed by atoms with Crippen LogP contribution in [-0.2, 0) is 29.0 Å². The molecule has 0 radical (unpaired) electrons.